The van der Waals surface area contributed by atoms with Crippen molar-refractivity contribution < 1.29 is 29.7 Å². The van der Waals surface area contributed by atoms with Crippen molar-refractivity contribution in [1.29, 1.82) is 0 Å². The summed E-state index contributed by atoms with van der Waals surface area (Å²) < 4.78 is 0. The number of aliphatic hydroxyl groups is 1. The molecule has 0 radical (unpaired) electrons. The van der Waals surface area contributed by atoms with Crippen LogP contribution in [0, 0.1) is 0 Å². The van der Waals surface area contributed by atoms with E-state index in [4.69, 9.17) is 21.1 Å². The minimum Gasteiger partial charge on any atom is -0.481 e. The molecule has 0 unspecified atom stereocenters. The molecule has 0 aliphatic heterocycles. The predicted molar refractivity (Wildman–Crippen MR) is 56.1 cm³/mol. The third kappa shape index (κ3) is 5.83. The lowest BCUT2D eigenvalue weighted by Gasteiger charge is -2.18. The number of carbonyl (C=O) groups is 3. The summed E-state index contributed by atoms with van der Waals surface area (Å²) in [5.41, 5.74) is 5.29. The minimum atomic E-state index is -1.35. The summed E-state index contributed by atoms with van der Waals surface area (Å²) in [6.45, 7) is 1.29. The average molecular weight is 248 g/mol. The van der Waals surface area contributed by atoms with Gasteiger partial charge in [0.05, 0.1) is 6.10 Å². The maximum atomic E-state index is 11.3. The van der Waals surface area contributed by atoms with Gasteiger partial charge in [0.2, 0.25) is 5.91 Å². The third-order valence-electron chi connectivity index (χ3n) is 2.08. The lowest BCUT2D eigenvalue weighted by atomic mass is 10.1. The molecule has 8 nitrogen and oxygen atoms in total. The molecule has 0 fully saturated rings. The van der Waals surface area contributed by atoms with Crippen molar-refractivity contribution in [2.75, 3.05) is 0 Å². The molecule has 0 aliphatic rings. The highest BCUT2D eigenvalue weighted by molar-refractivity contribution is 5.87. The van der Waals surface area contributed by atoms with Crippen LogP contribution in [0.1, 0.15) is 19.8 Å². The van der Waals surface area contributed by atoms with Crippen LogP contribution in [0.15, 0.2) is 0 Å². The van der Waals surface area contributed by atoms with Gasteiger partial charge in [-0.1, -0.05) is 0 Å². The van der Waals surface area contributed by atoms with Gasteiger partial charge in [0.25, 0.3) is 0 Å². The largest absolute Gasteiger partial charge is 0.481 e. The smallest absolute Gasteiger partial charge is 0.326 e. The summed E-state index contributed by atoms with van der Waals surface area (Å²) >= 11 is 0. The van der Waals surface area contributed by atoms with Crippen LogP contribution in [0.2, 0.25) is 0 Å². The Morgan fingerprint density at radius 1 is 1.29 bits per heavy atom. The monoisotopic (exact) mass is 248 g/mol. The zero-order valence-electron chi connectivity index (χ0n) is 9.29. The number of rotatable bonds is 7. The van der Waals surface area contributed by atoms with Gasteiger partial charge in [0, 0.05) is 6.42 Å². The Kier molecular flexibility index (Phi) is 6.15. The van der Waals surface area contributed by atoms with Gasteiger partial charge in [-0.3, -0.25) is 9.59 Å². The summed E-state index contributed by atoms with van der Waals surface area (Å²) in [5.74, 6) is -3.35. The van der Waals surface area contributed by atoms with Crippen LogP contribution in [0.4, 0.5) is 0 Å². The van der Waals surface area contributed by atoms with Gasteiger partial charge in [0.1, 0.15) is 12.1 Å². The van der Waals surface area contributed by atoms with Crippen molar-refractivity contribution in [2.24, 2.45) is 5.73 Å². The van der Waals surface area contributed by atoms with Crippen molar-refractivity contribution in [3.05, 3.63) is 0 Å². The van der Waals surface area contributed by atoms with Gasteiger partial charge in [-0.05, 0) is 13.3 Å². The van der Waals surface area contributed by atoms with Crippen LogP contribution in [-0.2, 0) is 14.4 Å². The van der Waals surface area contributed by atoms with E-state index in [2.05, 4.69) is 5.32 Å². The van der Waals surface area contributed by atoms with Crippen molar-refractivity contribution >= 4 is 17.8 Å². The number of carboxylic acid groups (broad SMARTS) is 2. The standard InChI is InChI=1S/C9H16N2O6/c1-4(12)7(10)8(15)11-5(9(16)17)2-3-6(13)14/h4-5,7,12H,2-3,10H2,1H3,(H,11,15)(H,13,14)(H,16,17)/t4-,5+,7+/m1/s1. The number of carboxylic acids is 2. The van der Waals surface area contributed by atoms with Crippen molar-refractivity contribution in [3.63, 3.8) is 0 Å². The van der Waals surface area contributed by atoms with E-state index in [9.17, 15) is 14.4 Å². The molecule has 3 atom stereocenters. The first-order valence-corrected chi connectivity index (χ1v) is 4.94. The van der Waals surface area contributed by atoms with E-state index in [-0.39, 0.29) is 12.8 Å². The van der Waals surface area contributed by atoms with E-state index in [1.54, 1.807) is 0 Å². The molecule has 0 aromatic heterocycles. The molecule has 0 bridgehead atoms. The molecule has 0 saturated carbocycles. The molecule has 17 heavy (non-hydrogen) atoms. The third-order valence-corrected chi connectivity index (χ3v) is 2.08. The first-order chi connectivity index (χ1) is 7.75. The summed E-state index contributed by atoms with van der Waals surface area (Å²) in [6, 6.07) is -2.58. The maximum absolute atomic E-state index is 11.3. The number of aliphatic carboxylic acids is 2. The molecule has 1 amide bonds. The number of hydrogen-bond donors (Lipinski definition) is 5. The van der Waals surface area contributed by atoms with E-state index >= 15 is 0 Å². The Morgan fingerprint density at radius 2 is 1.82 bits per heavy atom. The van der Waals surface area contributed by atoms with Crippen LogP contribution in [0.5, 0.6) is 0 Å². The molecular formula is C9H16N2O6. The number of nitrogens with one attached hydrogen (secondary N) is 1. The topological polar surface area (TPSA) is 150 Å². The van der Waals surface area contributed by atoms with E-state index in [0.29, 0.717) is 0 Å². The highest BCUT2D eigenvalue weighted by Gasteiger charge is 2.25. The molecule has 0 spiro atoms. The van der Waals surface area contributed by atoms with Gasteiger partial charge in [-0.2, -0.15) is 0 Å². The van der Waals surface area contributed by atoms with Crippen LogP contribution in [0.3, 0.4) is 0 Å². The molecule has 0 rings (SSSR count). The SMILES string of the molecule is C[C@@H](O)[C@H](N)C(=O)N[C@@H](CCC(=O)O)C(=O)O. The predicted octanol–water partition coefficient (Wildman–Crippen LogP) is -1.87. The van der Waals surface area contributed by atoms with Crippen molar-refractivity contribution in [2.45, 2.75) is 38.0 Å². The highest BCUT2D eigenvalue weighted by atomic mass is 16.4. The molecule has 0 aliphatic carbocycles. The highest BCUT2D eigenvalue weighted by Crippen LogP contribution is 1.99. The molecule has 0 aromatic carbocycles. The van der Waals surface area contributed by atoms with Crippen LogP contribution in [-0.4, -0.2) is 51.4 Å². The first kappa shape index (κ1) is 15.3. The molecule has 6 N–H and O–H groups in total. The summed E-state index contributed by atoms with van der Waals surface area (Å²) in [4.78, 5) is 32.4. The van der Waals surface area contributed by atoms with Crippen molar-refractivity contribution in [1.82, 2.24) is 5.32 Å². The fourth-order valence-electron chi connectivity index (χ4n) is 1.01. The van der Waals surface area contributed by atoms with Crippen LogP contribution in [0.25, 0.3) is 0 Å². The summed E-state index contributed by atoms with van der Waals surface area (Å²) in [6.07, 6.45) is -1.76. The Balaban J connectivity index is 4.39. The molecule has 0 saturated heterocycles. The fraction of sp³-hybridized carbons (Fsp3) is 0.667. The van der Waals surface area contributed by atoms with E-state index in [1.807, 2.05) is 0 Å². The maximum Gasteiger partial charge on any atom is 0.326 e. The quantitative estimate of drug-likeness (QED) is 0.354. The zero-order chi connectivity index (χ0) is 13.6. The molecule has 0 heterocycles. The fourth-order valence-corrected chi connectivity index (χ4v) is 1.01. The minimum absolute atomic E-state index is 0.247. The van der Waals surface area contributed by atoms with Crippen LogP contribution < -0.4 is 11.1 Å². The van der Waals surface area contributed by atoms with Gasteiger partial charge >= 0.3 is 11.9 Å². The van der Waals surface area contributed by atoms with Gasteiger partial charge in [0.15, 0.2) is 0 Å². The normalized spacial score (nSPS) is 15.7. The summed E-state index contributed by atoms with van der Waals surface area (Å²) in [7, 11) is 0. The average Bonchev–Trinajstić information content (AvgIpc) is 2.21. The van der Waals surface area contributed by atoms with E-state index in [1.165, 1.54) is 6.92 Å². The Morgan fingerprint density at radius 3 is 2.18 bits per heavy atom. The second-order valence-corrected chi connectivity index (χ2v) is 3.60. The first-order valence-electron chi connectivity index (χ1n) is 4.94. The molecular weight excluding hydrogens is 232 g/mol. The second kappa shape index (κ2) is 6.81. The lowest BCUT2D eigenvalue weighted by Crippen LogP contribution is -2.52. The molecule has 98 valence electrons. The van der Waals surface area contributed by atoms with E-state index < -0.39 is 36.0 Å². The Labute approximate surface area is 97.4 Å². The van der Waals surface area contributed by atoms with Crippen molar-refractivity contribution in [3.8, 4) is 0 Å². The van der Waals surface area contributed by atoms with Gasteiger partial charge in [-0.25, -0.2) is 4.79 Å². The lowest BCUT2D eigenvalue weighted by molar-refractivity contribution is -0.143. The van der Waals surface area contributed by atoms with E-state index in [0.717, 1.165) is 0 Å². The zero-order valence-corrected chi connectivity index (χ0v) is 9.29. The second-order valence-electron chi connectivity index (χ2n) is 3.60. The Bertz CT molecular complexity index is 304. The summed E-state index contributed by atoms with van der Waals surface area (Å²) in [5, 5.41) is 28.2. The van der Waals surface area contributed by atoms with Gasteiger partial charge in [-0.15, -0.1) is 0 Å². The van der Waals surface area contributed by atoms with Crippen LogP contribution >= 0.6 is 0 Å². The molecule has 8 heteroatoms. The number of hydrogen-bond acceptors (Lipinski definition) is 5. The number of aliphatic hydroxyl groups excluding tert-OH is 1. The number of carbonyl (C=O) groups excluding carboxylic acids is 1. The van der Waals surface area contributed by atoms with Gasteiger partial charge < -0.3 is 26.4 Å². The molecule has 0 aromatic rings. The Hall–Kier alpha value is -1.67. The number of nitrogens with two attached hydrogens (primary N) is 1. The number of amides is 1.